The van der Waals surface area contributed by atoms with Crippen molar-refractivity contribution >= 4 is 17.3 Å². The van der Waals surface area contributed by atoms with E-state index in [0.29, 0.717) is 11.4 Å². The van der Waals surface area contributed by atoms with E-state index in [1.165, 1.54) is 12.1 Å². The normalized spacial score (nSPS) is 22.9. The number of carbonyl (C=O) groups excluding carboxylic acids is 1. The number of amides is 1. The highest BCUT2D eigenvalue weighted by molar-refractivity contribution is 6.04. The van der Waals surface area contributed by atoms with Crippen LogP contribution in [-0.4, -0.2) is 20.6 Å². The molecule has 2 aliphatic rings. The zero-order valence-electron chi connectivity index (χ0n) is 17.8. The Morgan fingerprint density at radius 1 is 1.13 bits per heavy atom. The van der Waals surface area contributed by atoms with E-state index < -0.39 is 4.92 Å². The van der Waals surface area contributed by atoms with Gasteiger partial charge in [-0.1, -0.05) is 39.0 Å². The second-order valence-electron chi connectivity index (χ2n) is 9.26. The predicted octanol–water partition coefficient (Wildman–Crippen LogP) is 5.21. The standard InChI is InChI=1S/C24H24N4O3/c1-23(2)18-13-14-24(23,3)21-19(18)20(26-27(21)16-7-5-4-6-8-16)22(29)25-15-9-11-17(12-10-15)28(30)31/h4-12,18H,13-14H2,1-3H3,(H,25,29)/t18-,24-/m0/s1. The number of para-hydroxylation sites is 1. The summed E-state index contributed by atoms with van der Waals surface area (Å²) in [7, 11) is 0. The molecule has 1 N–H and O–H groups in total. The highest BCUT2D eigenvalue weighted by Gasteiger charge is 2.63. The van der Waals surface area contributed by atoms with Gasteiger partial charge in [0.15, 0.2) is 5.69 Å². The maximum Gasteiger partial charge on any atom is 0.276 e. The molecule has 0 spiro atoms. The quantitative estimate of drug-likeness (QED) is 0.467. The van der Waals surface area contributed by atoms with Crippen LogP contribution in [-0.2, 0) is 5.41 Å². The lowest BCUT2D eigenvalue weighted by Gasteiger charge is -2.35. The van der Waals surface area contributed by atoms with Crippen molar-refractivity contribution < 1.29 is 9.72 Å². The third-order valence-corrected chi connectivity index (χ3v) is 7.57. The number of hydrogen-bond donors (Lipinski definition) is 1. The monoisotopic (exact) mass is 416 g/mol. The molecule has 0 unspecified atom stereocenters. The fourth-order valence-electron chi connectivity index (χ4n) is 5.50. The smallest absolute Gasteiger partial charge is 0.276 e. The summed E-state index contributed by atoms with van der Waals surface area (Å²) in [6, 6.07) is 15.8. The molecule has 31 heavy (non-hydrogen) atoms. The summed E-state index contributed by atoms with van der Waals surface area (Å²) in [6.07, 6.45) is 2.11. The Hall–Kier alpha value is -3.48. The van der Waals surface area contributed by atoms with E-state index in [2.05, 4.69) is 26.1 Å². The molecule has 0 radical (unpaired) electrons. The summed E-state index contributed by atoms with van der Waals surface area (Å²) in [5.74, 6) is -0.0192. The van der Waals surface area contributed by atoms with Gasteiger partial charge in [0.1, 0.15) is 0 Å². The van der Waals surface area contributed by atoms with E-state index in [1.54, 1.807) is 12.1 Å². The van der Waals surface area contributed by atoms with Gasteiger partial charge >= 0.3 is 0 Å². The molecule has 0 saturated heterocycles. The van der Waals surface area contributed by atoms with Crippen LogP contribution in [0.3, 0.4) is 0 Å². The van der Waals surface area contributed by atoms with E-state index >= 15 is 0 Å². The first kappa shape index (κ1) is 19.5. The Bertz CT molecular complexity index is 1200. The lowest BCUT2D eigenvalue weighted by Crippen LogP contribution is -2.33. The van der Waals surface area contributed by atoms with Crippen LogP contribution in [0.2, 0.25) is 0 Å². The SMILES string of the molecule is CC1(C)[C@H]2CC[C@@]1(C)c1c2c(C(=O)Nc2ccc([N+](=O)[O-])cc2)nn1-c1ccccc1. The Morgan fingerprint density at radius 2 is 1.81 bits per heavy atom. The van der Waals surface area contributed by atoms with Crippen LogP contribution < -0.4 is 5.32 Å². The van der Waals surface area contributed by atoms with Crippen molar-refractivity contribution in [2.24, 2.45) is 5.41 Å². The van der Waals surface area contributed by atoms with E-state index in [0.717, 1.165) is 29.8 Å². The molecular formula is C24H24N4O3. The number of non-ortho nitro benzene ring substituents is 1. The van der Waals surface area contributed by atoms with Gasteiger partial charge in [0, 0.05) is 28.8 Å². The molecule has 2 bridgehead atoms. The number of rotatable bonds is 4. The minimum absolute atomic E-state index is 0.0146. The van der Waals surface area contributed by atoms with Gasteiger partial charge in [-0.05, 0) is 48.4 Å². The van der Waals surface area contributed by atoms with Crippen molar-refractivity contribution in [2.75, 3.05) is 5.32 Å². The second-order valence-corrected chi connectivity index (χ2v) is 9.26. The van der Waals surface area contributed by atoms with Crippen molar-refractivity contribution in [1.82, 2.24) is 9.78 Å². The predicted molar refractivity (Wildman–Crippen MR) is 118 cm³/mol. The zero-order valence-corrected chi connectivity index (χ0v) is 17.8. The second kappa shape index (κ2) is 6.51. The molecule has 1 aromatic heterocycles. The van der Waals surface area contributed by atoms with E-state index in [1.807, 2.05) is 35.0 Å². The summed E-state index contributed by atoms with van der Waals surface area (Å²) < 4.78 is 1.95. The van der Waals surface area contributed by atoms with E-state index in [-0.39, 0.29) is 28.3 Å². The van der Waals surface area contributed by atoms with Crippen LogP contribution >= 0.6 is 0 Å². The summed E-state index contributed by atoms with van der Waals surface area (Å²) in [5, 5.41) is 18.6. The highest BCUT2D eigenvalue weighted by Crippen LogP contribution is 2.68. The average molecular weight is 416 g/mol. The van der Waals surface area contributed by atoms with Gasteiger partial charge in [0.25, 0.3) is 11.6 Å². The Kier molecular flexibility index (Phi) is 4.09. The minimum atomic E-state index is -0.459. The van der Waals surface area contributed by atoms with Gasteiger partial charge in [-0.3, -0.25) is 14.9 Å². The molecule has 7 nitrogen and oxygen atoms in total. The largest absolute Gasteiger partial charge is 0.321 e. The number of nitro benzene ring substituents is 1. The topological polar surface area (TPSA) is 90.1 Å². The summed E-state index contributed by atoms with van der Waals surface area (Å²) in [6.45, 7) is 6.87. The number of hydrogen-bond acceptors (Lipinski definition) is 4. The van der Waals surface area contributed by atoms with Crippen LogP contribution in [0.25, 0.3) is 5.69 Å². The third kappa shape index (κ3) is 2.65. The number of nitrogens with zero attached hydrogens (tertiary/aromatic N) is 3. The van der Waals surface area contributed by atoms with Gasteiger partial charge in [-0.15, -0.1) is 0 Å². The number of anilines is 1. The summed E-state index contributed by atoms with van der Waals surface area (Å²) >= 11 is 0. The Morgan fingerprint density at radius 3 is 2.45 bits per heavy atom. The number of nitrogens with one attached hydrogen (secondary N) is 1. The van der Waals surface area contributed by atoms with Gasteiger partial charge in [0.05, 0.1) is 16.3 Å². The van der Waals surface area contributed by atoms with Crippen molar-refractivity contribution in [3.63, 3.8) is 0 Å². The van der Waals surface area contributed by atoms with Crippen LogP contribution in [0.5, 0.6) is 0 Å². The van der Waals surface area contributed by atoms with Crippen molar-refractivity contribution in [3.8, 4) is 5.69 Å². The zero-order chi connectivity index (χ0) is 22.0. The van der Waals surface area contributed by atoms with Gasteiger partial charge in [-0.25, -0.2) is 4.68 Å². The molecule has 1 heterocycles. The van der Waals surface area contributed by atoms with E-state index in [9.17, 15) is 14.9 Å². The first-order valence-corrected chi connectivity index (χ1v) is 10.5. The summed E-state index contributed by atoms with van der Waals surface area (Å²) in [4.78, 5) is 23.7. The molecule has 7 heteroatoms. The number of fused-ring (bicyclic) bond motifs is 5. The highest BCUT2D eigenvalue weighted by atomic mass is 16.6. The Labute approximate surface area is 180 Å². The molecule has 2 atom stereocenters. The molecular weight excluding hydrogens is 392 g/mol. The molecule has 158 valence electrons. The number of aromatic nitrogens is 2. The number of benzene rings is 2. The summed E-state index contributed by atoms with van der Waals surface area (Å²) in [5.41, 5.74) is 4.01. The fourth-order valence-corrected chi connectivity index (χ4v) is 5.50. The fraction of sp³-hybridized carbons (Fsp3) is 0.333. The molecule has 0 aliphatic heterocycles. The molecule has 1 fully saturated rings. The van der Waals surface area contributed by atoms with Gasteiger partial charge in [0.2, 0.25) is 0 Å². The lowest BCUT2D eigenvalue weighted by molar-refractivity contribution is -0.384. The Balaban J connectivity index is 1.59. The third-order valence-electron chi connectivity index (χ3n) is 7.57. The molecule has 1 amide bonds. The lowest BCUT2D eigenvalue weighted by atomic mass is 9.70. The molecule has 3 aromatic rings. The van der Waals surface area contributed by atoms with E-state index in [4.69, 9.17) is 5.10 Å². The van der Waals surface area contributed by atoms with Crippen LogP contribution in [0.15, 0.2) is 54.6 Å². The number of carbonyl (C=O) groups is 1. The van der Waals surface area contributed by atoms with Gasteiger partial charge < -0.3 is 5.32 Å². The molecule has 5 rings (SSSR count). The first-order chi connectivity index (χ1) is 14.7. The van der Waals surface area contributed by atoms with Crippen LogP contribution in [0.4, 0.5) is 11.4 Å². The first-order valence-electron chi connectivity index (χ1n) is 10.5. The molecule has 1 saturated carbocycles. The van der Waals surface area contributed by atoms with Crippen LogP contribution in [0, 0.1) is 15.5 Å². The molecule has 2 aromatic carbocycles. The maximum absolute atomic E-state index is 13.3. The van der Waals surface area contributed by atoms with Crippen molar-refractivity contribution in [3.05, 3.63) is 81.7 Å². The van der Waals surface area contributed by atoms with Gasteiger partial charge in [-0.2, -0.15) is 5.10 Å². The minimum Gasteiger partial charge on any atom is -0.321 e. The average Bonchev–Trinajstić information content (AvgIpc) is 3.31. The van der Waals surface area contributed by atoms with Crippen molar-refractivity contribution in [1.29, 1.82) is 0 Å². The van der Waals surface area contributed by atoms with Crippen molar-refractivity contribution in [2.45, 2.75) is 44.9 Å². The molecule has 2 aliphatic carbocycles. The van der Waals surface area contributed by atoms with Crippen LogP contribution in [0.1, 0.15) is 61.3 Å². The number of nitro groups is 1. The maximum atomic E-state index is 13.3.